The predicted octanol–water partition coefficient (Wildman–Crippen LogP) is 1.60. The molecule has 0 aliphatic heterocycles. The first kappa shape index (κ1) is 15.3. The lowest BCUT2D eigenvalue weighted by Gasteiger charge is -2.15. The van der Waals surface area contributed by atoms with Gasteiger partial charge in [-0.2, -0.15) is 0 Å². The number of hydrogen-bond acceptors (Lipinski definition) is 5. The quantitative estimate of drug-likeness (QED) is 0.838. The molecule has 0 unspecified atom stereocenters. The van der Waals surface area contributed by atoms with E-state index in [0.29, 0.717) is 19.8 Å². The smallest absolute Gasteiger partial charge is 0.170 e. The largest absolute Gasteiger partial charge is 0.490 e. The van der Waals surface area contributed by atoms with Crippen molar-refractivity contribution in [2.45, 2.75) is 26.9 Å². The molecule has 6 heteroatoms. The van der Waals surface area contributed by atoms with Gasteiger partial charge in [-0.1, -0.05) is 12.1 Å². The second kappa shape index (κ2) is 7.08. The summed E-state index contributed by atoms with van der Waals surface area (Å²) >= 11 is 0. The van der Waals surface area contributed by atoms with Crippen LogP contribution in [0.1, 0.15) is 24.1 Å². The third-order valence-electron chi connectivity index (χ3n) is 3.30. The average Bonchev–Trinajstić information content (AvgIpc) is 2.79. The van der Waals surface area contributed by atoms with Crippen molar-refractivity contribution in [1.82, 2.24) is 14.8 Å². The van der Waals surface area contributed by atoms with Crippen LogP contribution in [0, 0.1) is 6.92 Å². The monoisotopic (exact) mass is 290 g/mol. The molecule has 0 spiro atoms. The Labute approximate surface area is 124 Å². The van der Waals surface area contributed by atoms with Crippen LogP contribution in [0.5, 0.6) is 11.5 Å². The molecule has 2 rings (SSSR count). The van der Waals surface area contributed by atoms with Crippen molar-refractivity contribution in [3.8, 4) is 11.5 Å². The molecule has 21 heavy (non-hydrogen) atoms. The van der Waals surface area contributed by atoms with Crippen molar-refractivity contribution in [3.05, 3.63) is 35.4 Å². The van der Waals surface area contributed by atoms with Gasteiger partial charge in [0.2, 0.25) is 0 Å². The molecular weight excluding hydrogens is 268 g/mol. The van der Waals surface area contributed by atoms with E-state index in [4.69, 9.17) is 15.2 Å². The fourth-order valence-corrected chi connectivity index (χ4v) is 2.06. The summed E-state index contributed by atoms with van der Waals surface area (Å²) in [4.78, 5) is 0. The molecule has 0 bridgehead atoms. The van der Waals surface area contributed by atoms with Crippen LogP contribution in [-0.2, 0) is 20.1 Å². The molecule has 1 heterocycles. The molecule has 1 aromatic carbocycles. The number of benzene rings is 1. The van der Waals surface area contributed by atoms with Crippen molar-refractivity contribution in [2.24, 2.45) is 12.8 Å². The molecule has 0 saturated carbocycles. The summed E-state index contributed by atoms with van der Waals surface area (Å²) < 4.78 is 13.5. The molecule has 0 saturated heterocycles. The second-order valence-electron chi connectivity index (χ2n) is 4.73. The maximum Gasteiger partial charge on any atom is 0.170 e. The minimum absolute atomic E-state index is 0.346. The fraction of sp³-hybridized carbons (Fsp3) is 0.467. The van der Waals surface area contributed by atoms with E-state index in [1.807, 2.05) is 43.7 Å². The fourth-order valence-electron chi connectivity index (χ4n) is 2.06. The highest BCUT2D eigenvalue weighted by Gasteiger charge is 2.13. The highest BCUT2D eigenvalue weighted by atomic mass is 16.5. The molecule has 1 aromatic heterocycles. The van der Waals surface area contributed by atoms with Crippen LogP contribution in [-0.4, -0.2) is 27.9 Å². The highest BCUT2D eigenvalue weighted by molar-refractivity contribution is 5.46. The summed E-state index contributed by atoms with van der Waals surface area (Å²) in [6.45, 7) is 5.36. The Morgan fingerprint density at radius 2 is 2.05 bits per heavy atom. The number of nitrogens with zero attached hydrogens (tertiary/aromatic N) is 3. The number of ether oxygens (including phenoxy) is 2. The zero-order valence-electron chi connectivity index (χ0n) is 12.8. The van der Waals surface area contributed by atoms with Crippen molar-refractivity contribution in [3.63, 3.8) is 0 Å². The molecular formula is C15H22N4O2. The Kier molecular flexibility index (Phi) is 5.16. The Morgan fingerprint density at radius 3 is 2.67 bits per heavy atom. The van der Waals surface area contributed by atoms with Crippen molar-refractivity contribution in [1.29, 1.82) is 0 Å². The van der Waals surface area contributed by atoms with Gasteiger partial charge in [-0.3, -0.25) is 0 Å². The zero-order chi connectivity index (χ0) is 15.2. The Balaban J connectivity index is 2.22. The van der Waals surface area contributed by atoms with Gasteiger partial charge in [0.25, 0.3) is 0 Å². The second-order valence-corrected chi connectivity index (χ2v) is 4.73. The third-order valence-corrected chi connectivity index (χ3v) is 3.30. The van der Waals surface area contributed by atoms with Crippen LogP contribution in [0.3, 0.4) is 0 Å². The number of nitrogens with two attached hydrogens (primary N) is 1. The molecule has 0 atom stereocenters. The minimum atomic E-state index is 0.346. The van der Waals surface area contributed by atoms with E-state index in [9.17, 15) is 0 Å². The van der Waals surface area contributed by atoms with Gasteiger partial charge in [0.1, 0.15) is 12.4 Å². The Morgan fingerprint density at radius 1 is 1.24 bits per heavy atom. The number of hydrogen-bond donors (Lipinski definition) is 1. The van der Waals surface area contributed by atoms with Gasteiger partial charge in [0, 0.05) is 7.05 Å². The Bertz CT molecular complexity index is 571. The van der Waals surface area contributed by atoms with Crippen molar-refractivity contribution in [2.75, 3.05) is 13.2 Å². The standard InChI is InChI=1S/C15H22N4O2/c1-4-20-13-7-5-6-12(8-9-16)15(13)21-10-14-18-17-11(2)19(14)3/h5-7H,4,8-10,16H2,1-3H3. The minimum Gasteiger partial charge on any atom is -0.490 e. The average molecular weight is 290 g/mol. The van der Waals surface area contributed by atoms with E-state index in [0.717, 1.165) is 35.1 Å². The number of para-hydroxylation sites is 1. The SMILES string of the molecule is CCOc1cccc(CCN)c1OCc1nnc(C)n1C. The van der Waals surface area contributed by atoms with Crippen LogP contribution in [0.15, 0.2) is 18.2 Å². The maximum atomic E-state index is 5.95. The molecule has 2 N–H and O–H groups in total. The van der Waals surface area contributed by atoms with Crippen molar-refractivity contribution < 1.29 is 9.47 Å². The lowest BCUT2D eigenvalue weighted by atomic mass is 10.1. The number of aromatic nitrogens is 3. The maximum absolute atomic E-state index is 5.95. The summed E-state index contributed by atoms with van der Waals surface area (Å²) in [5.41, 5.74) is 6.71. The Hall–Kier alpha value is -2.08. The molecule has 0 radical (unpaired) electrons. The molecule has 0 aliphatic rings. The summed E-state index contributed by atoms with van der Waals surface area (Å²) in [6.07, 6.45) is 0.744. The summed E-state index contributed by atoms with van der Waals surface area (Å²) in [5, 5.41) is 8.13. The van der Waals surface area contributed by atoms with E-state index in [1.165, 1.54) is 0 Å². The zero-order valence-corrected chi connectivity index (χ0v) is 12.8. The lowest BCUT2D eigenvalue weighted by Crippen LogP contribution is -2.09. The highest BCUT2D eigenvalue weighted by Crippen LogP contribution is 2.32. The van der Waals surface area contributed by atoms with E-state index < -0.39 is 0 Å². The van der Waals surface area contributed by atoms with E-state index in [-0.39, 0.29) is 0 Å². The van der Waals surface area contributed by atoms with Gasteiger partial charge < -0.3 is 19.8 Å². The first-order valence-electron chi connectivity index (χ1n) is 7.09. The number of rotatable bonds is 7. The molecule has 114 valence electrons. The van der Waals surface area contributed by atoms with Crippen molar-refractivity contribution >= 4 is 0 Å². The lowest BCUT2D eigenvalue weighted by molar-refractivity contribution is 0.258. The van der Waals surface area contributed by atoms with Crippen LogP contribution in [0.2, 0.25) is 0 Å². The molecule has 0 aliphatic carbocycles. The predicted molar refractivity (Wildman–Crippen MR) is 80.4 cm³/mol. The summed E-state index contributed by atoms with van der Waals surface area (Å²) in [6, 6.07) is 5.86. The van der Waals surface area contributed by atoms with Crippen LogP contribution in [0.4, 0.5) is 0 Å². The van der Waals surface area contributed by atoms with Gasteiger partial charge in [0.05, 0.1) is 6.61 Å². The third kappa shape index (κ3) is 3.52. The van der Waals surface area contributed by atoms with E-state index in [2.05, 4.69) is 10.2 Å². The topological polar surface area (TPSA) is 75.2 Å². The van der Waals surface area contributed by atoms with Gasteiger partial charge in [-0.15, -0.1) is 10.2 Å². The van der Waals surface area contributed by atoms with Crippen LogP contribution in [0.25, 0.3) is 0 Å². The van der Waals surface area contributed by atoms with Gasteiger partial charge in [-0.25, -0.2) is 0 Å². The van der Waals surface area contributed by atoms with Gasteiger partial charge in [0.15, 0.2) is 17.3 Å². The molecule has 0 amide bonds. The summed E-state index contributed by atoms with van der Waals surface area (Å²) in [5.74, 6) is 3.11. The van der Waals surface area contributed by atoms with Crippen LogP contribution >= 0.6 is 0 Å². The molecule has 0 fully saturated rings. The number of aryl methyl sites for hydroxylation is 1. The molecule has 6 nitrogen and oxygen atoms in total. The normalized spacial score (nSPS) is 10.7. The van der Waals surface area contributed by atoms with Crippen LogP contribution < -0.4 is 15.2 Å². The van der Waals surface area contributed by atoms with E-state index >= 15 is 0 Å². The van der Waals surface area contributed by atoms with E-state index in [1.54, 1.807) is 0 Å². The first-order chi connectivity index (χ1) is 10.2. The van der Waals surface area contributed by atoms with Gasteiger partial charge in [-0.05, 0) is 38.4 Å². The summed E-state index contributed by atoms with van der Waals surface area (Å²) in [7, 11) is 1.92. The molecule has 2 aromatic rings. The van der Waals surface area contributed by atoms with Gasteiger partial charge >= 0.3 is 0 Å². The first-order valence-corrected chi connectivity index (χ1v) is 7.09.